The van der Waals surface area contributed by atoms with Crippen LogP contribution in [0.5, 0.6) is 0 Å². The minimum Gasteiger partial charge on any atom is -0.479 e. The molecule has 0 saturated carbocycles. The molecule has 3 heteroatoms. The molecule has 2 atom stereocenters. The van der Waals surface area contributed by atoms with Gasteiger partial charge in [0.2, 0.25) is 0 Å². The highest BCUT2D eigenvalue weighted by molar-refractivity contribution is 5.72. The summed E-state index contributed by atoms with van der Waals surface area (Å²) in [6, 6.07) is 0. The maximum Gasteiger partial charge on any atom is 0.332 e. The fraction of sp³-hybridized carbons (Fsp3) is 0.875. The number of ether oxygens (including phenoxy) is 1. The lowest BCUT2D eigenvalue weighted by Gasteiger charge is -2.21. The Bertz CT molecular complexity index is 167. The van der Waals surface area contributed by atoms with Gasteiger partial charge in [-0.3, -0.25) is 0 Å². The van der Waals surface area contributed by atoms with Gasteiger partial charge in [-0.05, 0) is 26.2 Å². The van der Waals surface area contributed by atoms with Crippen LogP contribution in [0.3, 0.4) is 0 Å². The summed E-state index contributed by atoms with van der Waals surface area (Å²) in [5.41, 5.74) is -0.191. The number of carboxylic acids is 1. The molecule has 64 valence electrons. The summed E-state index contributed by atoms with van der Waals surface area (Å²) in [5.74, 6) is -0.831. The first kappa shape index (κ1) is 8.53. The lowest BCUT2D eigenvalue weighted by molar-refractivity contribution is -0.153. The summed E-state index contributed by atoms with van der Waals surface area (Å²) in [6.07, 6.45) is 1.83. The van der Waals surface area contributed by atoms with Gasteiger partial charge in [0.05, 0.1) is 5.60 Å². The first-order valence-electron chi connectivity index (χ1n) is 3.98. The lowest BCUT2D eigenvalue weighted by Crippen LogP contribution is -2.27. The fourth-order valence-electron chi connectivity index (χ4n) is 1.33. The van der Waals surface area contributed by atoms with Crippen LogP contribution >= 0.6 is 0 Å². The van der Waals surface area contributed by atoms with E-state index in [2.05, 4.69) is 0 Å². The molecule has 0 aromatic carbocycles. The molecule has 1 aliphatic heterocycles. The van der Waals surface area contributed by atoms with Gasteiger partial charge < -0.3 is 9.84 Å². The van der Waals surface area contributed by atoms with Gasteiger partial charge in [0.25, 0.3) is 0 Å². The summed E-state index contributed by atoms with van der Waals surface area (Å²) >= 11 is 0. The third-order valence-corrected chi connectivity index (χ3v) is 2.39. The predicted octanol–water partition coefficient (Wildman–Crippen LogP) is 1.42. The molecule has 3 nitrogen and oxygen atoms in total. The van der Waals surface area contributed by atoms with Crippen molar-refractivity contribution in [1.82, 2.24) is 0 Å². The first-order valence-corrected chi connectivity index (χ1v) is 3.98. The van der Waals surface area contributed by atoms with Gasteiger partial charge in [-0.15, -0.1) is 0 Å². The molecule has 1 saturated heterocycles. The van der Waals surface area contributed by atoms with E-state index in [4.69, 9.17) is 9.84 Å². The molecule has 0 aromatic heterocycles. The van der Waals surface area contributed by atoms with Crippen LogP contribution in [0.15, 0.2) is 0 Å². The summed E-state index contributed by atoms with van der Waals surface area (Å²) in [4.78, 5) is 10.5. The Morgan fingerprint density at radius 2 is 2.45 bits per heavy atom. The van der Waals surface area contributed by atoms with Crippen LogP contribution in [0.1, 0.15) is 33.1 Å². The third-order valence-electron chi connectivity index (χ3n) is 2.39. The monoisotopic (exact) mass is 158 g/mol. The Kier molecular flexibility index (Phi) is 2.18. The molecule has 0 bridgehead atoms. The molecule has 0 aromatic rings. The molecule has 0 spiro atoms. The lowest BCUT2D eigenvalue weighted by atomic mass is 9.99. The first-order chi connectivity index (χ1) is 5.07. The zero-order valence-electron chi connectivity index (χ0n) is 6.96. The summed E-state index contributed by atoms with van der Waals surface area (Å²) < 4.78 is 5.36. The minimum atomic E-state index is -0.831. The zero-order valence-corrected chi connectivity index (χ0v) is 6.96. The number of hydrogen-bond acceptors (Lipinski definition) is 2. The maximum absolute atomic E-state index is 10.5. The average Bonchev–Trinajstić information content (AvgIpc) is 2.33. The maximum atomic E-state index is 10.5. The van der Waals surface area contributed by atoms with Gasteiger partial charge in [-0.25, -0.2) is 4.79 Å². The van der Waals surface area contributed by atoms with Crippen molar-refractivity contribution in [3.8, 4) is 0 Å². The Morgan fingerprint density at radius 1 is 1.82 bits per heavy atom. The van der Waals surface area contributed by atoms with Gasteiger partial charge in [-0.2, -0.15) is 0 Å². The Hall–Kier alpha value is -0.570. The molecule has 1 N–H and O–H groups in total. The fourth-order valence-corrected chi connectivity index (χ4v) is 1.33. The van der Waals surface area contributed by atoms with Crippen LogP contribution in [0.4, 0.5) is 0 Å². The standard InChI is InChI=1S/C8H14O3/c1-3-8(2)5-4-6(11-8)7(9)10/h6H,3-5H2,1-2H3,(H,9,10). The Morgan fingerprint density at radius 3 is 2.73 bits per heavy atom. The van der Waals surface area contributed by atoms with Crippen LogP contribution in [-0.2, 0) is 9.53 Å². The van der Waals surface area contributed by atoms with Gasteiger partial charge in [-0.1, -0.05) is 6.92 Å². The summed E-state index contributed by atoms with van der Waals surface area (Å²) in [5, 5.41) is 8.62. The second kappa shape index (κ2) is 2.81. The molecule has 1 heterocycles. The largest absolute Gasteiger partial charge is 0.479 e. The molecule has 1 rings (SSSR count). The molecular weight excluding hydrogens is 144 g/mol. The van der Waals surface area contributed by atoms with Crippen LogP contribution in [0.25, 0.3) is 0 Å². The van der Waals surface area contributed by atoms with E-state index in [1.54, 1.807) is 0 Å². The summed E-state index contributed by atoms with van der Waals surface area (Å²) in [7, 11) is 0. The van der Waals surface area contributed by atoms with Crippen molar-refractivity contribution in [3.05, 3.63) is 0 Å². The van der Waals surface area contributed by atoms with E-state index >= 15 is 0 Å². The molecule has 0 aliphatic carbocycles. The molecule has 0 amide bonds. The van der Waals surface area contributed by atoms with E-state index in [1.807, 2.05) is 13.8 Å². The molecule has 0 radical (unpaired) electrons. The third kappa shape index (κ3) is 1.71. The highest BCUT2D eigenvalue weighted by atomic mass is 16.5. The topological polar surface area (TPSA) is 46.5 Å². The van der Waals surface area contributed by atoms with E-state index in [0.717, 1.165) is 12.8 Å². The van der Waals surface area contributed by atoms with Crippen molar-refractivity contribution >= 4 is 5.97 Å². The normalized spacial score (nSPS) is 37.5. The highest BCUT2D eigenvalue weighted by Gasteiger charge is 2.37. The predicted molar refractivity (Wildman–Crippen MR) is 40.4 cm³/mol. The van der Waals surface area contributed by atoms with Gasteiger partial charge in [0.15, 0.2) is 6.10 Å². The SMILES string of the molecule is CCC1(C)CCC(C(=O)O)O1. The summed E-state index contributed by atoms with van der Waals surface area (Å²) in [6.45, 7) is 3.99. The second-order valence-corrected chi connectivity index (χ2v) is 3.29. The molecular formula is C8H14O3. The number of carbonyl (C=O) groups is 1. The van der Waals surface area contributed by atoms with Crippen LogP contribution in [0.2, 0.25) is 0 Å². The highest BCUT2D eigenvalue weighted by Crippen LogP contribution is 2.32. The van der Waals surface area contributed by atoms with Crippen LogP contribution < -0.4 is 0 Å². The minimum absolute atomic E-state index is 0.191. The van der Waals surface area contributed by atoms with Crippen molar-refractivity contribution in [2.75, 3.05) is 0 Å². The van der Waals surface area contributed by atoms with Crippen molar-refractivity contribution in [2.45, 2.75) is 44.8 Å². The number of hydrogen-bond donors (Lipinski definition) is 1. The Labute approximate surface area is 66.4 Å². The van der Waals surface area contributed by atoms with Crippen molar-refractivity contribution in [2.24, 2.45) is 0 Å². The van der Waals surface area contributed by atoms with Gasteiger partial charge in [0.1, 0.15) is 0 Å². The molecule has 1 fully saturated rings. The van der Waals surface area contributed by atoms with E-state index < -0.39 is 12.1 Å². The Balaban J connectivity index is 2.53. The van der Waals surface area contributed by atoms with Gasteiger partial charge in [0, 0.05) is 0 Å². The number of rotatable bonds is 2. The van der Waals surface area contributed by atoms with E-state index in [9.17, 15) is 4.79 Å². The molecule has 2 unspecified atom stereocenters. The van der Waals surface area contributed by atoms with Crippen LogP contribution in [-0.4, -0.2) is 22.8 Å². The van der Waals surface area contributed by atoms with E-state index in [1.165, 1.54) is 0 Å². The van der Waals surface area contributed by atoms with Gasteiger partial charge >= 0.3 is 5.97 Å². The zero-order chi connectivity index (χ0) is 8.48. The van der Waals surface area contributed by atoms with Crippen molar-refractivity contribution in [1.29, 1.82) is 0 Å². The number of carboxylic acid groups (broad SMARTS) is 1. The molecule has 1 aliphatic rings. The van der Waals surface area contributed by atoms with E-state index in [0.29, 0.717) is 6.42 Å². The van der Waals surface area contributed by atoms with Crippen molar-refractivity contribution < 1.29 is 14.6 Å². The second-order valence-electron chi connectivity index (χ2n) is 3.29. The molecule has 11 heavy (non-hydrogen) atoms. The van der Waals surface area contributed by atoms with E-state index in [-0.39, 0.29) is 5.60 Å². The van der Waals surface area contributed by atoms with Crippen molar-refractivity contribution in [3.63, 3.8) is 0 Å². The number of aliphatic carboxylic acids is 1. The smallest absolute Gasteiger partial charge is 0.332 e. The van der Waals surface area contributed by atoms with Crippen LogP contribution in [0, 0.1) is 0 Å². The average molecular weight is 158 g/mol. The quantitative estimate of drug-likeness (QED) is 0.661.